The molecular weight excluding hydrogens is 359 g/mol. The molecule has 142 valence electrons. The van der Waals surface area contributed by atoms with Crippen LogP contribution in [0, 0.1) is 0 Å². The lowest BCUT2D eigenvalue weighted by atomic mass is 9.98. The SMILES string of the molecule is CC(Nc1ccc(-c2ccccc2)c(C(F)(F)F)c1)C(=O)N1CCNC1=O. The summed E-state index contributed by atoms with van der Waals surface area (Å²) < 4.78 is 40.7. The molecule has 8 heteroatoms. The molecule has 27 heavy (non-hydrogen) atoms. The van der Waals surface area contributed by atoms with Crippen molar-refractivity contribution in [3.8, 4) is 11.1 Å². The number of alkyl halides is 3. The van der Waals surface area contributed by atoms with Crippen LogP contribution in [0.3, 0.4) is 0 Å². The number of benzene rings is 2. The number of rotatable bonds is 4. The smallest absolute Gasteiger partial charge is 0.374 e. The molecule has 1 saturated heterocycles. The highest BCUT2D eigenvalue weighted by atomic mass is 19.4. The second kappa shape index (κ2) is 7.30. The predicted molar refractivity (Wildman–Crippen MR) is 95.1 cm³/mol. The summed E-state index contributed by atoms with van der Waals surface area (Å²) in [4.78, 5) is 24.9. The van der Waals surface area contributed by atoms with Gasteiger partial charge in [-0.05, 0) is 30.2 Å². The zero-order chi connectivity index (χ0) is 19.6. The molecule has 3 amide bonds. The standard InChI is InChI=1S/C19H18F3N3O2/c1-12(17(26)25-10-9-23-18(25)27)24-14-7-8-15(13-5-3-2-4-6-13)16(11-14)19(20,21)22/h2-8,11-12,24H,9-10H2,1H3,(H,23,27). The number of anilines is 1. The van der Waals surface area contributed by atoms with Gasteiger partial charge in [-0.25, -0.2) is 4.79 Å². The molecule has 5 nitrogen and oxygen atoms in total. The summed E-state index contributed by atoms with van der Waals surface area (Å²) in [6.07, 6.45) is -4.55. The normalized spacial score (nSPS) is 15.4. The van der Waals surface area contributed by atoms with Gasteiger partial charge >= 0.3 is 12.2 Å². The van der Waals surface area contributed by atoms with Crippen molar-refractivity contribution in [1.29, 1.82) is 0 Å². The maximum Gasteiger partial charge on any atom is 0.417 e. The maximum absolute atomic E-state index is 13.6. The molecule has 1 aliphatic heterocycles. The topological polar surface area (TPSA) is 61.4 Å². The van der Waals surface area contributed by atoms with Crippen LogP contribution in [-0.4, -0.2) is 36.0 Å². The average molecular weight is 377 g/mol. The van der Waals surface area contributed by atoms with Crippen molar-refractivity contribution in [2.75, 3.05) is 18.4 Å². The lowest BCUT2D eigenvalue weighted by Crippen LogP contribution is -2.43. The summed E-state index contributed by atoms with van der Waals surface area (Å²) in [6.45, 7) is 2.11. The Kier molecular flexibility index (Phi) is 5.07. The lowest BCUT2D eigenvalue weighted by molar-refractivity contribution is -0.137. The average Bonchev–Trinajstić information content (AvgIpc) is 3.07. The van der Waals surface area contributed by atoms with Gasteiger partial charge in [0.05, 0.1) is 5.56 Å². The first-order valence-electron chi connectivity index (χ1n) is 8.40. The highest BCUT2D eigenvalue weighted by molar-refractivity contribution is 5.99. The number of nitrogens with zero attached hydrogens (tertiary/aromatic N) is 1. The van der Waals surface area contributed by atoms with E-state index in [1.54, 1.807) is 30.3 Å². The Bertz CT molecular complexity index is 853. The number of amides is 3. The molecule has 0 saturated carbocycles. The van der Waals surface area contributed by atoms with Crippen LogP contribution in [-0.2, 0) is 11.0 Å². The molecule has 0 spiro atoms. The number of nitrogens with one attached hydrogen (secondary N) is 2. The Balaban J connectivity index is 1.86. The van der Waals surface area contributed by atoms with E-state index in [0.29, 0.717) is 12.1 Å². The van der Waals surface area contributed by atoms with Crippen LogP contribution >= 0.6 is 0 Å². The minimum absolute atomic E-state index is 0.0616. The van der Waals surface area contributed by atoms with Crippen LogP contribution in [0.1, 0.15) is 12.5 Å². The van der Waals surface area contributed by atoms with E-state index in [1.807, 2.05) is 0 Å². The first-order chi connectivity index (χ1) is 12.8. The minimum Gasteiger partial charge on any atom is -0.374 e. The summed E-state index contributed by atoms with van der Waals surface area (Å²) in [6, 6.07) is 10.8. The molecule has 1 unspecified atom stereocenters. The van der Waals surface area contributed by atoms with E-state index in [-0.39, 0.29) is 17.8 Å². The molecular formula is C19H18F3N3O2. The molecule has 2 aromatic carbocycles. The van der Waals surface area contributed by atoms with Gasteiger partial charge in [-0.2, -0.15) is 13.2 Å². The molecule has 1 heterocycles. The van der Waals surface area contributed by atoms with Gasteiger partial charge < -0.3 is 10.6 Å². The highest BCUT2D eigenvalue weighted by Crippen LogP contribution is 2.38. The van der Waals surface area contributed by atoms with E-state index in [0.717, 1.165) is 11.0 Å². The summed E-state index contributed by atoms with van der Waals surface area (Å²) in [5.41, 5.74) is -0.125. The summed E-state index contributed by atoms with van der Waals surface area (Å²) in [7, 11) is 0. The number of hydrogen-bond donors (Lipinski definition) is 2. The molecule has 2 N–H and O–H groups in total. The van der Waals surface area contributed by atoms with E-state index in [2.05, 4.69) is 10.6 Å². The molecule has 1 fully saturated rings. The number of carbonyl (C=O) groups is 2. The number of carbonyl (C=O) groups excluding carboxylic acids is 2. The van der Waals surface area contributed by atoms with Crippen LogP contribution < -0.4 is 10.6 Å². The van der Waals surface area contributed by atoms with Crippen molar-refractivity contribution >= 4 is 17.6 Å². The number of imide groups is 1. The third-order valence-electron chi connectivity index (χ3n) is 4.29. The maximum atomic E-state index is 13.6. The minimum atomic E-state index is -4.55. The Morgan fingerprint density at radius 3 is 2.48 bits per heavy atom. The van der Waals surface area contributed by atoms with Crippen molar-refractivity contribution in [3.63, 3.8) is 0 Å². The zero-order valence-electron chi connectivity index (χ0n) is 14.5. The monoisotopic (exact) mass is 377 g/mol. The Morgan fingerprint density at radius 2 is 1.89 bits per heavy atom. The van der Waals surface area contributed by atoms with Gasteiger partial charge in [-0.3, -0.25) is 9.69 Å². The zero-order valence-corrected chi connectivity index (χ0v) is 14.5. The third-order valence-corrected chi connectivity index (χ3v) is 4.29. The van der Waals surface area contributed by atoms with Gasteiger partial charge in [0, 0.05) is 18.8 Å². The quantitative estimate of drug-likeness (QED) is 0.854. The highest BCUT2D eigenvalue weighted by Gasteiger charge is 2.34. The van der Waals surface area contributed by atoms with Crippen molar-refractivity contribution < 1.29 is 22.8 Å². The Hall–Kier alpha value is -3.03. The predicted octanol–water partition coefficient (Wildman–Crippen LogP) is 3.72. The molecule has 2 aromatic rings. The molecule has 3 rings (SSSR count). The van der Waals surface area contributed by atoms with Gasteiger partial charge in [-0.15, -0.1) is 0 Å². The van der Waals surface area contributed by atoms with E-state index >= 15 is 0 Å². The van der Waals surface area contributed by atoms with Crippen molar-refractivity contribution in [1.82, 2.24) is 10.2 Å². The summed E-state index contributed by atoms with van der Waals surface area (Å²) in [5.74, 6) is -0.495. The van der Waals surface area contributed by atoms with Crippen LogP contribution in [0.4, 0.5) is 23.7 Å². The van der Waals surface area contributed by atoms with Gasteiger partial charge in [0.25, 0.3) is 5.91 Å². The Labute approximate surface area is 154 Å². The van der Waals surface area contributed by atoms with Gasteiger partial charge in [0.1, 0.15) is 6.04 Å². The Morgan fingerprint density at radius 1 is 1.19 bits per heavy atom. The van der Waals surface area contributed by atoms with Crippen LogP contribution in [0.2, 0.25) is 0 Å². The van der Waals surface area contributed by atoms with Gasteiger partial charge in [0.15, 0.2) is 0 Å². The first-order valence-corrected chi connectivity index (χ1v) is 8.40. The van der Waals surface area contributed by atoms with Gasteiger partial charge in [-0.1, -0.05) is 36.4 Å². The third kappa shape index (κ3) is 4.05. The van der Waals surface area contributed by atoms with Crippen LogP contribution in [0.15, 0.2) is 48.5 Å². The van der Waals surface area contributed by atoms with Crippen LogP contribution in [0.5, 0.6) is 0 Å². The molecule has 0 radical (unpaired) electrons. The first kappa shape index (κ1) is 18.8. The van der Waals surface area contributed by atoms with Crippen molar-refractivity contribution in [2.24, 2.45) is 0 Å². The van der Waals surface area contributed by atoms with E-state index in [1.165, 1.54) is 19.1 Å². The lowest BCUT2D eigenvalue weighted by Gasteiger charge is -2.21. The van der Waals surface area contributed by atoms with Gasteiger partial charge in [0.2, 0.25) is 0 Å². The van der Waals surface area contributed by atoms with E-state index in [4.69, 9.17) is 0 Å². The van der Waals surface area contributed by atoms with E-state index < -0.39 is 29.7 Å². The molecule has 1 aliphatic rings. The summed E-state index contributed by atoms with van der Waals surface area (Å²) in [5, 5.41) is 5.27. The number of hydrogen-bond acceptors (Lipinski definition) is 3. The second-order valence-corrected chi connectivity index (χ2v) is 6.21. The fraction of sp³-hybridized carbons (Fsp3) is 0.263. The fourth-order valence-corrected chi connectivity index (χ4v) is 2.97. The van der Waals surface area contributed by atoms with Crippen molar-refractivity contribution in [3.05, 3.63) is 54.1 Å². The molecule has 0 aliphatic carbocycles. The largest absolute Gasteiger partial charge is 0.417 e. The fourth-order valence-electron chi connectivity index (χ4n) is 2.97. The molecule has 0 bridgehead atoms. The van der Waals surface area contributed by atoms with Crippen LogP contribution in [0.25, 0.3) is 11.1 Å². The molecule has 1 atom stereocenters. The molecule has 0 aromatic heterocycles. The second-order valence-electron chi connectivity index (χ2n) is 6.21. The number of halogens is 3. The number of urea groups is 1. The summed E-state index contributed by atoms with van der Waals surface area (Å²) >= 11 is 0. The van der Waals surface area contributed by atoms with E-state index in [9.17, 15) is 22.8 Å². The van der Waals surface area contributed by atoms with Crippen molar-refractivity contribution in [2.45, 2.75) is 19.1 Å².